The van der Waals surface area contributed by atoms with Gasteiger partial charge in [0.15, 0.2) is 0 Å². The van der Waals surface area contributed by atoms with E-state index in [-0.39, 0.29) is 46.0 Å². The van der Waals surface area contributed by atoms with Crippen LogP contribution in [0.4, 0.5) is 5.69 Å². The Morgan fingerprint density at radius 1 is 1.19 bits per heavy atom. The third kappa shape index (κ3) is 6.80. The van der Waals surface area contributed by atoms with Crippen LogP contribution in [0, 0.1) is 17.3 Å². The van der Waals surface area contributed by atoms with Gasteiger partial charge >= 0.3 is 0 Å². The minimum atomic E-state index is -3.95. The molecule has 10 heteroatoms. The number of aromatic hydroxyl groups is 1. The van der Waals surface area contributed by atoms with Gasteiger partial charge in [0.2, 0.25) is 5.91 Å². The highest BCUT2D eigenvalue weighted by molar-refractivity contribution is 7.92. The van der Waals surface area contributed by atoms with Crippen molar-refractivity contribution < 1.29 is 18.3 Å². The molecule has 0 aliphatic rings. The molecule has 3 aromatic rings. The van der Waals surface area contributed by atoms with Gasteiger partial charge in [0.1, 0.15) is 5.75 Å². The van der Waals surface area contributed by atoms with Crippen molar-refractivity contribution in [1.29, 1.82) is 0 Å². The molecule has 0 fully saturated rings. The van der Waals surface area contributed by atoms with E-state index in [1.54, 1.807) is 41.9 Å². The number of hydrogen-bond acceptors (Lipinski definition) is 7. The third-order valence-corrected chi connectivity index (χ3v) is 8.76. The molecule has 1 amide bonds. The molecule has 37 heavy (non-hydrogen) atoms. The van der Waals surface area contributed by atoms with Crippen molar-refractivity contribution >= 4 is 43.2 Å². The fourth-order valence-electron chi connectivity index (χ4n) is 3.95. The zero-order valence-corrected chi connectivity index (χ0v) is 24.0. The molecule has 8 nitrogen and oxygen atoms in total. The fraction of sp³-hybridized carbons (Fsp3) is 0.481. The van der Waals surface area contributed by atoms with Gasteiger partial charge in [0, 0.05) is 13.1 Å². The number of carbonyl (C=O) groups excluding carboxylic acids is 1. The number of nitrogens with one attached hydrogen (secondary N) is 1. The van der Waals surface area contributed by atoms with Crippen LogP contribution < -0.4 is 15.4 Å². The van der Waals surface area contributed by atoms with Crippen LogP contribution in [-0.4, -0.2) is 43.5 Å². The van der Waals surface area contributed by atoms with E-state index in [0.29, 0.717) is 18.5 Å². The Bertz CT molecular complexity index is 1350. The topological polar surface area (TPSA) is 126 Å². The van der Waals surface area contributed by atoms with E-state index >= 15 is 0 Å². The second kappa shape index (κ2) is 11.4. The number of sulfonamides is 1. The first-order chi connectivity index (χ1) is 17.2. The van der Waals surface area contributed by atoms with Crippen LogP contribution >= 0.6 is 11.3 Å². The molecule has 2 aromatic carbocycles. The van der Waals surface area contributed by atoms with E-state index in [2.05, 4.69) is 10.3 Å². The average Bonchev–Trinajstić information content (AvgIpc) is 3.29. The Kier molecular flexibility index (Phi) is 8.87. The van der Waals surface area contributed by atoms with Gasteiger partial charge in [-0.2, -0.15) is 0 Å². The predicted octanol–water partition coefficient (Wildman–Crippen LogP) is 4.52. The lowest BCUT2D eigenvalue weighted by molar-refractivity contribution is -0.124. The second-order valence-corrected chi connectivity index (χ2v) is 13.8. The van der Waals surface area contributed by atoms with Crippen LogP contribution in [0.15, 0.2) is 46.8 Å². The number of para-hydroxylation sites is 1. The van der Waals surface area contributed by atoms with Crippen LogP contribution in [0.2, 0.25) is 0 Å². The van der Waals surface area contributed by atoms with Crippen molar-refractivity contribution in [3.8, 4) is 5.75 Å². The second-order valence-electron chi connectivity index (χ2n) is 11.1. The summed E-state index contributed by atoms with van der Waals surface area (Å²) in [6, 6.07) is 9.41. The number of benzene rings is 2. The Labute approximate surface area is 224 Å². The summed E-state index contributed by atoms with van der Waals surface area (Å²) >= 11 is 1.38. The number of phenols is 1. The number of fused-ring (bicyclic) bond motifs is 1. The molecule has 0 spiro atoms. The largest absolute Gasteiger partial charge is 0.505 e. The Morgan fingerprint density at radius 2 is 1.89 bits per heavy atom. The average molecular weight is 547 g/mol. The first-order valence-electron chi connectivity index (χ1n) is 12.4. The molecule has 202 valence electrons. The van der Waals surface area contributed by atoms with Gasteiger partial charge in [-0.05, 0) is 53.5 Å². The highest BCUT2D eigenvalue weighted by Gasteiger charge is 2.30. The first kappa shape index (κ1) is 28.9. The van der Waals surface area contributed by atoms with Gasteiger partial charge in [-0.1, -0.05) is 53.7 Å². The van der Waals surface area contributed by atoms with Crippen molar-refractivity contribution in [3.63, 3.8) is 0 Å². The Hall–Kier alpha value is -2.69. The van der Waals surface area contributed by atoms with Crippen LogP contribution in [0.1, 0.15) is 47.1 Å². The van der Waals surface area contributed by atoms with Gasteiger partial charge in [-0.3, -0.25) is 9.10 Å². The van der Waals surface area contributed by atoms with Crippen molar-refractivity contribution in [1.82, 2.24) is 10.3 Å². The van der Waals surface area contributed by atoms with Crippen molar-refractivity contribution in [3.05, 3.63) is 47.5 Å². The minimum Gasteiger partial charge on any atom is -0.505 e. The molecule has 2 atom stereocenters. The monoisotopic (exact) mass is 546 g/mol. The van der Waals surface area contributed by atoms with E-state index in [1.165, 1.54) is 15.6 Å². The van der Waals surface area contributed by atoms with Gasteiger partial charge < -0.3 is 16.2 Å². The van der Waals surface area contributed by atoms with Crippen molar-refractivity contribution in [2.75, 3.05) is 17.4 Å². The van der Waals surface area contributed by atoms with Crippen molar-refractivity contribution in [2.45, 2.75) is 58.9 Å². The predicted molar refractivity (Wildman–Crippen MR) is 150 cm³/mol. The molecule has 1 unspecified atom stereocenters. The van der Waals surface area contributed by atoms with Gasteiger partial charge in [0.25, 0.3) is 10.0 Å². The number of thiazole rings is 1. The molecule has 0 aliphatic carbocycles. The summed E-state index contributed by atoms with van der Waals surface area (Å²) < 4.78 is 29.6. The highest BCUT2D eigenvalue weighted by atomic mass is 32.2. The zero-order valence-electron chi connectivity index (χ0n) is 22.4. The lowest BCUT2D eigenvalue weighted by Gasteiger charge is -2.28. The standard InChI is InChI=1S/C27H38N4O4S2/c1-17(2)15-31(37(34,35)20-10-11-21-23(13-20)36-16-30-21)22-9-7-8-19(24(22)32)12-18(3)14-29-26(33)25(28)27(4,5)6/h7-11,13,16-18,25,32H,12,14-15,28H2,1-6H3,(H,29,33)/t18?,25-/m0/s1. The number of amides is 1. The maximum atomic E-state index is 13.8. The molecule has 0 saturated heterocycles. The number of anilines is 1. The maximum absolute atomic E-state index is 13.8. The van der Waals surface area contributed by atoms with Crippen LogP contribution in [-0.2, 0) is 21.2 Å². The highest BCUT2D eigenvalue weighted by Crippen LogP contribution is 2.36. The van der Waals surface area contributed by atoms with Gasteiger partial charge in [0.05, 0.1) is 32.4 Å². The van der Waals surface area contributed by atoms with Crippen molar-refractivity contribution in [2.24, 2.45) is 23.0 Å². The molecule has 3 rings (SSSR count). The van der Waals surface area contributed by atoms with E-state index in [9.17, 15) is 18.3 Å². The van der Waals surface area contributed by atoms with E-state index in [0.717, 1.165) is 10.2 Å². The molecule has 0 bridgehead atoms. The fourth-order valence-corrected chi connectivity index (χ4v) is 6.40. The third-order valence-electron chi connectivity index (χ3n) is 6.20. The van der Waals surface area contributed by atoms with Crippen LogP contribution in [0.5, 0.6) is 5.75 Å². The SMILES string of the molecule is CC(C)CN(c1cccc(CC(C)CNC(=O)[C@H](N)C(C)(C)C)c1O)S(=O)(=O)c1ccc2ncsc2c1. The number of phenolic OH excluding ortho intramolecular Hbond substituents is 1. The molecule has 1 aromatic heterocycles. The molecule has 0 radical (unpaired) electrons. The Morgan fingerprint density at radius 3 is 2.54 bits per heavy atom. The Balaban J connectivity index is 1.86. The van der Waals surface area contributed by atoms with Crippen LogP contribution in [0.25, 0.3) is 10.2 Å². The lowest BCUT2D eigenvalue weighted by atomic mass is 9.87. The quantitative estimate of drug-likeness (QED) is 0.343. The minimum absolute atomic E-state index is 0.0128. The summed E-state index contributed by atoms with van der Waals surface area (Å²) in [5.41, 5.74) is 8.97. The summed E-state index contributed by atoms with van der Waals surface area (Å²) in [4.78, 5) is 16.8. The zero-order chi connectivity index (χ0) is 27.5. The summed E-state index contributed by atoms with van der Waals surface area (Å²) in [5.74, 6) is -0.285. The number of nitrogens with zero attached hydrogens (tertiary/aromatic N) is 2. The summed E-state index contributed by atoms with van der Waals surface area (Å²) in [7, 11) is -3.95. The molecular weight excluding hydrogens is 508 g/mol. The number of nitrogens with two attached hydrogens (primary N) is 1. The van der Waals surface area contributed by atoms with E-state index in [1.807, 2.05) is 41.5 Å². The summed E-state index contributed by atoms with van der Waals surface area (Å²) in [6.45, 7) is 12.2. The lowest BCUT2D eigenvalue weighted by Crippen LogP contribution is -2.49. The molecule has 0 aliphatic heterocycles. The molecule has 0 saturated carbocycles. The first-order valence-corrected chi connectivity index (χ1v) is 14.7. The molecule has 4 N–H and O–H groups in total. The molecular formula is C27H38N4O4S2. The van der Waals surface area contributed by atoms with E-state index in [4.69, 9.17) is 5.73 Å². The van der Waals surface area contributed by atoms with Gasteiger partial charge in [-0.15, -0.1) is 11.3 Å². The molecule has 1 heterocycles. The smallest absolute Gasteiger partial charge is 0.264 e. The van der Waals surface area contributed by atoms with E-state index < -0.39 is 16.1 Å². The number of hydrogen-bond donors (Lipinski definition) is 3. The number of carbonyl (C=O) groups is 1. The number of rotatable bonds is 10. The normalized spacial score (nSPS) is 14.1. The summed E-state index contributed by atoms with van der Waals surface area (Å²) in [5, 5.41) is 14.1. The van der Waals surface area contributed by atoms with Crippen LogP contribution in [0.3, 0.4) is 0 Å². The maximum Gasteiger partial charge on any atom is 0.264 e. The number of aromatic nitrogens is 1. The van der Waals surface area contributed by atoms with Gasteiger partial charge in [-0.25, -0.2) is 13.4 Å². The summed E-state index contributed by atoms with van der Waals surface area (Å²) in [6.07, 6.45) is 0.451.